The summed E-state index contributed by atoms with van der Waals surface area (Å²) in [6.45, 7) is 10.7. The molecule has 0 atom stereocenters. The normalized spacial score (nSPS) is 20.5. The minimum atomic E-state index is -0.699. The fourth-order valence-corrected chi connectivity index (χ4v) is 1.75. The van der Waals surface area contributed by atoms with E-state index in [9.17, 15) is 4.79 Å². The Morgan fingerprint density at radius 1 is 1.47 bits per heavy atom. The molecule has 3 heteroatoms. The number of carboxylic acid groups (broad SMARTS) is 1. The Morgan fingerprint density at radius 3 is 2.47 bits per heavy atom. The summed E-state index contributed by atoms with van der Waals surface area (Å²) in [5.74, 6) is -0.108. The third kappa shape index (κ3) is 3.82. The molecule has 1 aliphatic heterocycles. The van der Waals surface area contributed by atoms with Gasteiger partial charge in [0.15, 0.2) is 0 Å². The molecule has 0 bridgehead atoms. The number of aliphatic carboxylic acids is 1. The predicted molar refractivity (Wildman–Crippen MR) is 60.6 cm³/mol. The summed E-state index contributed by atoms with van der Waals surface area (Å²) in [5, 5.41) is 8.98. The molecule has 15 heavy (non-hydrogen) atoms. The monoisotopic (exact) mass is 212 g/mol. The summed E-state index contributed by atoms with van der Waals surface area (Å²) in [6.07, 6.45) is 3.02. The summed E-state index contributed by atoms with van der Waals surface area (Å²) in [7, 11) is 0. The quantitative estimate of drug-likeness (QED) is 0.775. The van der Waals surface area contributed by atoms with Crippen molar-refractivity contribution in [2.24, 2.45) is 11.3 Å². The van der Waals surface area contributed by atoms with E-state index in [0.29, 0.717) is 5.92 Å². The molecule has 0 unspecified atom stereocenters. The van der Waals surface area contributed by atoms with Gasteiger partial charge in [-0.25, -0.2) is 0 Å². The average molecular weight is 212 g/mol. The largest absolute Gasteiger partial charge is 0.481 e. The lowest BCUT2D eigenvalue weighted by molar-refractivity contribution is -0.147. The molecule has 0 aromatic carbocycles. The van der Waals surface area contributed by atoms with Crippen LogP contribution >= 0.6 is 0 Å². The summed E-state index contributed by atoms with van der Waals surface area (Å²) in [5.41, 5.74) is -0.596. The van der Waals surface area contributed by atoms with Crippen LogP contribution < -0.4 is 0 Å². The second kappa shape index (κ2) is 4.97. The third-order valence-electron chi connectivity index (χ3n) is 3.34. The highest BCUT2D eigenvalue weighted by molar-refractivity contribution is 5.73. The molecule has 1 radical (unpaired) electrons. The fourth-order valence-electron chi connectivity index (χ4n) is 1.75. The van der Waals surface area contributed by atoms with Crippen molar-refractivity contribution >= 4 is 5.97 Å². The van der Waals surface area contributed by atoms with Gasteiger partial charge < -0.3 is 10.0 Å². The van der Waals surface area contributed by atoms with Gasteiger partial charge in [-0.2, -0.15) is 0 Å². The maximum absolute atomic E-state index is 10.9. The zero-order chi connectivity index (χ0) is 11.5. The Morgan fingerprint density at radius 2 is 2.00 bits per heavy atom. The first-order valence-electron chi connectivity index (χ1n) is 5.70. The van der Waals surface area contributed by atoms with E-state index in [1.807, 2.05) is 0 Å². The third-order valence-corrected chi connectivity index (χ3v) is 3.34. The van der Waals surface area contributed by atoms with Gasteiger partial charge in [0.2, 0.25) is 0 Å². The highest BCUT2D eigenvalue weighted by Crippen LogP contribution is 2.23. The van der Waals surface area contributed by atoms with Gasteiger partial charge in [-0.1, -0.05) is 6.92 Å². The lowest BCUT2D eigenvalue weighted by Crippen LogP contribution is -2.37. The molecular weight excluding hydrogens is 190 g/mol. The van der Waals surface area contributed by atoms with Gasteiger partial charge in [-0.15, -0.1) is 0 Å². The van der Waals surface area contributed by atoms with Crippen LogP contribution in [0.15, 0.2) is 0 Å². The molecule has 0 aromatic heterocycles. The Hall–Kier alpha value is -0.570. The van der Waals surface area contributed by atoms with E-state index < -0.39 is 11.4 Å². The summed E-state index contributed by atoms with van der Waals surface area (Å²) >= 11 is 0. The SMILES string of the molecule is [CH2]C1CCN(CCC(C)(C)C(=O)O)CC1. The van der Waals surface area contributed by atoms with Gasteiger partial charge >= 0.3 is 5.97 Å². The first-order valence-corrected chi connectivity index (χ1v) is 5.70. The van der Waals surface area contributed by atoms with E-state index in [4.69, 9.17) is 5.11 Å². The van der Waals surface area contributed by atoms with Crippen LogP contribution in [0.25, 0.3) is 0 Å². The van der Waals surface area contributed by atoms with Crippen molar-refractivity contribution in [2.45, 2.75) is 33.1 Å². The second-order valence-electron chi connectivity index (χ2n) is 5.22. The summed E-state index contributed by atoms with van der Waals surface area (Å²) in [4.78, 5) is 13.3. The van der Waals surface area contributed by atoms with Gasteiger partial charge in [0.1, 0.15) is 0 Å². The maximum Gasteiger partial charge on any atom is 0.309 e. The number of nitrogens with zero attached hydrogens (tertiary/aromatic N) is 1. The molecule has 0 amide bonds. The van der Waals surface area contributed by atoms with E-state index in [2.05, 4.69) is 11.8 Å². The molecule has 1 rings (SSSR count). The molecule has 1 saturated heterocycles. The molecule has 0 aromatic rings. The van der Waals surface area contributed by atoms with Crippen LogP contribution in [-0.2, 0) is 4.79 Å². The van der Waals surface area contributed by atoms with Crippen molar-refractivity contribution in [2.75, 3.05) is 19.6 Å². The van der Waals surface area contributed by atoms with Crippen LogP contribution in [0.3, 0.4) is 0 Å². The lowest BCUT2D eigenvalue weighted by Gasteiger charge is -2.32. The number of carboxylic acids is 1. The highest BCUT2D eigenvalue weighted by atomic mass is 16.4. The number of piperidine rings is 1. The van der Waals surface area contributed by atoms with Gasteiger partial charge in [0, 0.05) is 0 Å². The molecule has 0 saturated carbocycles. The molecule has 0 spiro atoms. The number of hydrogen-bond acceptors (Lipinski definition) is 2. The van der Waals surface area contributed by atoms with E-state index >= 15 is 0 Å². The Kier molecular flexibility index (Phi) is 4.14. The Balaban J connectivity index is 2.28. The second-order valence-corrected chi connectivity index (χ2v) is 5.22. The van der Waals surface area contributed by atoms with Crippen molar-refractivity contribution < 1.29 is 9.90 Å². The van der Waals surface area contributed by atoms with Crippen LogP contribution in [0.5, 0.6) is 0 Å². The smallest absolute Gasteiger partial charge is 0.309 e. The maximum atomic E-state index is 10.9. The lowest BCUT2D eigenvalue weighted by atomic mass is 9.89. The van der Waals surface area contributed by atoms with Crippen molar-refractivity contribution in [3.63, 3.8) is 0 Å². The molecule has 1 fully saturated rings. The average Bonchev–Trinajstić information content (AvgIpc) is 2.17. The van der Waals surface area contributed by atoms with Crippen LogP contribution in [0.2, 0.25) is 0 Å². The van der Waals surface area contributed by atoms with Crippen LogP contribution in [0, 0.1) is 18.3 Å². The number of hydrogen-bond donors (Lipinski definition) is 1. The van der Waals surface area contributed by atoms with Crippen LogP contribution in [0.1, 0.15) is 33.1 Å². The van der Waals surface area contributed by atoms with Gasteiger partial charge in [-0.05, 0) is 58.7 Å². The van der Waals surface area contributed by atoms with Crippen molar-refractivity contribution in [1.82, 2.24) is 4.90 Å². The van der Waals surface area contributed by atoms with Crippen LogP contribution in [-0.4, -0.2) is 35.6 Å². The van der Waals surface area contributed by atoms with E-state index in [-0.39, 0.29) is 0 Å². The van der Waals surface area contributed by atoms with Gasteiger partial charge in [-0.3, -0.25) is 4.79 Å². The molecule has 1 aliphatic rings. The Bertz CT molecular complexity index is 218. The first-order chi connectivity index (χ1) is 6.92. The zero-order valence-electron chi connectivity index (χ0n) is 9.83. The molecular formula is C12H22NO2. The molecule has 0 aliphatic carbocycles. The minimum absolute atomic E-state index is 0.591. The van der Waals surface area contributed by atoms with E-state index in [0.717, 1.165) is 38.9 Å². The van der Waals surface area contributed by atoms with E-state index in [1.165, 1.54) is 0 Å². The molecule has 1 N–H and O–H groups in total. The zero-order valence-corrected chi connectivity index (χ0v) is 9.83. The van der Waals surface area contributed by atoms with Gasteiger partial charge in [0.25, 0.3) is 0 Å². The minimum Gasteiger partial charge on any atom is -0.481 e. The first kappa shape index (κ1) is 12.5. The number of rotatable bonds is 4. The predicted octanol–water partition coefficient (Wildman–Crippen LogP) is 2.03. The fraction of sp³-hybridized carbons (Fsp3) is 0.833. The van der Waals surface area contributed by atoms with Gasteiger partial charge in [0.05, 0.1) is 5.41 Å². The molecule has 1 heterocycles. The summed E-state index contributed by atoms with van der Waals surface area (Å²) < 4.78 is 0. The molecule has 87 valence electrons. The molecule has 3 nitrogen and oxygen atoms in total. The van der Waals surface area contributed by atoms with E-state index in [1.54, 1.807) is 13.8 Å². The van der Waals surface area contributed by atoms with Crippen LogP contribution in [0.4, 0.5) is 0 Å². The standard InChI is InChI=1S/C12H22NO2/c1-10-4-7-13(8-5-10)9-6-12(2,3)11(14)15/h10H,1,4-9H2,2-3H3,(H,14,15). The topological polar surface area (TPSA) is 40.5 Å². The number of likely N-dealkylation sites (tertiary alicyclic amines) is 1. The number of carbonyl (C=O) groups is 1. The Labute approximate surface area is 92.5 Å². The summed E-state index contributed by atoms with van der Waals surface area (Å²) in [6, 6.07) is 0. The van der Waals surface area contributed by atoms with Crippen molar-refractivity contribution in [1.29, 1.82) is 0 Å². The van der Waals surface area contributed by atoms with Crippen molar-refractivity contribution in [3.05, 3.63) is 6.92 Å². The highest BCUT2D eigenvalue weighted by Gasteiger charge is 2.28. The van der Waals surface area contributed by atoms with Crippen molar-refractivity contribution in [3.8, 4) is 0 Å².